The molecule has 9 nitrogen and oxygen atoms in total. The number of primary amides is 1. The van der Waals surface area contributed by atoms with Gasteiger partial charge in [-0.05, 0) is 31.0 Å². The number of benzene rings is 2. The average Bonchev–Trinajstić information content (AvgIpc) is 3.40. The molecule has 1 saturated heterocycles. The van der Waals surface area contributed by atoms with Gasteiger partial charge in [0.1, 0.15) is 12.3 Å². The van der Waals surface area contributed by atoms with Gasteiger partial charge >= 0.3 is 11.9 Å². The number of carbonyl (C=O) groups is 1. The summed E-state index contributed by atoms with van der Waals surface area (Å²) in [5.74, 6) is 0.335. The van der Waals surface area contributed by atoms with Crippen LogP contribution < -0.4 is 21.7 Å². The monoisotopic (exact) mass is 420 g/mol. The zero-order valence-corrected chi connectivity index (χ0v) is 17.2. The number of hydrazone groups is 1. The maximum Gasteiger partial charge on any atom is 0.321 e. The smallest absolute Gasteiger partial charge is 0.321 e. The number of nitrogens with zero attached hydrogens (tertiary/aromatic N) is 4. The summed E-state index contributed by atoms with van der Waals surface area (Å²) in [7, 11) is 0. The summed E-state index contributed by atoms with van der Waals surface area (Å²) in [6, 6.07) is 14.6. The highest BCUT2D eigenvalue weighted by Gasteiger charge is 2.31. The molecular weight excluding hydrogens is 394 g/mol. The van der Waals surface area contributed by atoms with Crippen molar-refractivity contribution in [3.63, 3.8) is 0 Å². The minimum Gasteiger partial charge on any atom is -0.392 e. The summed E-state index contributed by atoms with van der Waals surface area (Å²) < 4.78 is 1.53. The molecule has 2 amide bonds. The second kappa shape index (κ2) is 8.97. The zero-order valence-electron chi connectivity index (χ0n) is 17.2. The van der Waals surface area contributed by atoms with E-state index in [0.717, 1.165) is 37.2 Å². The van der Waals surface area contributed by atoms with Crippen LogP contribution in [0.3, 0.4) is 0 Å². The molecule has 0 atom stereocenters. The van der Waals surface area contributed by atoms with E-state index in [9.17, 15) is 9.90 Å². The van der Waals surface area contributed by atoms with Crippen molar-refractivity contribution >= 4 is 40.4 Å². The van der Waals surface area contributed by atoms with E-state index in [0.29, 0.717) is 28.6 Å². The number of hydrogen-bond donors (Lipinski definition) is 4. The second-order valence-electron chi connectivity index (χ2n) is 7.39. The normalized spacial score (nSPS) is 17.4. The van der Waals surface area contributed by atoms with Gasteiger partial charge in [-0.3, -0.25) is 5.73 Å². The van der Waals surface area contributed by atoms with Gasteiger partial charge in [0, 0.05) is 24.3 Å². The number of amides is 2. The molecule has 0 aliphatic carbocycles. The number of anilines is 2. The Kier molecular flexibility index (Phi) is 5.94. The Hall–Kier alpha value is -3.72. The summed E-state index contributed by atoms with van der Waals surface area (Å²) in [4.78, 5) is 18.7. The molecule has 9 heteroatoms. The average molecular weight is 420 g/mol. The van der Waals surface area contributed by atoms with Gasteiger partial charge in [-0.25, -0.2) is 9.79 Å². The topological polar surface area (TPSA) is 132 Å². The van der Waals surface area contributed by atoms with Crippen molar-refractivity contribution in [1.29, 1.82) is 0 Å². The molecule has 6 N–H and O–H groups in total. The van der Waals surface area contributed by atoms with Gasteiger partial charge in [-0.2, -0.15) is 0 Å². The van der Waals surface area contributed by atoms with E-state index in [1.54, 1.807) is 0 Å². The Balaban J connectivity index is 1.78. The predicted octanol–water partition coefficient (Wildman–Crippen LogP) is 1.63. The number of nitrogens with one attached hydrogen (secondary N) is 1. The molecule has 2 heterocycles. The van der Waals surface area contributed by atoms with Crippen molar-refractivity contribution in [1.82, 2.24) is 0 Å². The van der Waals surface area contributed by atoms with E-state index in [-0.39, 0.29) is 13.2 Å². The number of aliphatic hydroxyl groups is 1. The van der Waals surface area contributed by atoms with Crippen LogP contribution in [0.25, 0.3) is 0 Å². The molecule has 0 radical (unpaired) electrons. The fraction of sp³-hybridized carbons (Fsp3) is 0.273. The quantitative estimate of drug-likeness (QED) is 0.529. The SMILES string of the molecule is NC(=O)Nc1cc(N2CCCC2)ccc1N=C1C(c2ccccc2)=N[N+](CCO)=C1N. The minimum atomic E-state index is -0.665. The summed E-state index contributed by atoms with van der Waals surface area (Å²) in [6.07, 6.45) is 2.29. The number of rotatable bonds is 6. The number of nitrogens with two attached hydrogens (primary N) is 2. The Labute approximate surface area is 180 Å². The maximum atomic E-state index is 11.6. The molecule has 160 valence electrons. The van der Waals surface area contributed by atoms with Gasteiger partial charge in [0.25, 0.3) is 0 Å². The van der Waals surface area contributed by atoms with Gasteiger partial charge in [0.15, 0.2) is 5.71 Å². The number of aliphatic imine (C=N–C) groups is 1. The van der Waals surface area contributed by atoms with Crippen molar-refractivity contribution in [3.05, 3.63) is 54.1 Å². The van der Waals surface area contributed by atoms with Crippen molar-refractivity contribution in [2.45, 2.75) is 12.8 Å². The lowest BCUT2D eigenvalue weighted by Crippen LogP contribution is -2.32. The molecule has 0 bridgehead atoms. The zero-order chi connectivity index (χ0) is 21.8. The Morgan fingerprint density at radius 3 is 2.61 bits per heavy atom. The molecule has 31 heavy (non-hydrogen) atoms. The summed E-state index contributed by atoms with van der Waals surface area (Å²) >= 11 is 0. The first kappa shape index (κ1) is 20.5. The van der Waals surface area contributed by atoms with Gasteiger partial charge in [-0.15, -0.1) is 4.68 Å². The van der Waals surface area contributed by atoms with E-state index in [1.807, 2.05) is 48.5 Å². The van der Waals surface area contributed by atoms with E-state index < -0.39 is 6.03 Å². The van der Waals surface area contributed by atoms with E-state index >= 15 is 0 Å². The number of β-amino-alcohol motifs (C(OH)–C–C–N with tert-alkyl or cyclic N) is 1. The van der Waals surface area contributed by atoms with Crippen LogP contribution in [-0.2, 0) is 0 Å². The molecule has 1 fully saturated rings. The number of urea groups is 1. The Morgan fingerprint density at radius 1 is 1.19 bits per heavy atom. The van der Waals surface area contributed by atoms with Crippen LogP contribution in [0.1, 0.15) is 18.4 Å². The molecule has 2 aromatic carbocycles. The summed E-state index contributed by atoms with van der Waals surface area (Å²) in [5, 5.41) is 16.6. The predicted molar refractivity (Wildman–Crippen MR) is 123 cm³/mol. The molecule has 2 aliphatic heterocycles. The highest BCUT2D eigenvalue weighted by molar-refractivity contribution is 6.71. The molecular formula is C22H26N7O2+. The number of carbonyl (C=O) groups excluding carboxylic acids is 1. The lowest BCUT2D eigenvalue weighted by atomic mass is 10.1. The fourth-order valence-corrected chi connectivity index (χ4v) is 3.78. The van der Waals surface area contributed by atoms with Crippen LogP contribution in [0.5, 0.6) is 0 Å². The first-order valence-electron chi connectivity index (χ1n) is 10.3. The van der Waals surface area contributed by atoms with Crippen molar-refractivity contribution in [3.8, 4) is 0 Å². The van der Waals surface area contributed by atoms with Gasteiger partial charge in [0.05, 0.1) is 18.0 Å². The van der Waals surface area contributed by atoms with Crippen LogP contribution in [0.2, 0.25) is 0 Å². The van der Waals surface area contributed by atoms with Crippen LogP contribution in [-0.4, -0.2) is 59.3 Å². The largest absolute Gasteiger partial charge is 0.392 e. The van der Waals surface area contributed by atoms with Gasteiger partial charge < -0.3 is 21.1 Å². The first-order valence-corrected chi connectivity index (χ1v) is 10.3. The van der Waals surface area contributed by atoms with Crippen LogP contribution in [0.4, 0.5) is 21.9 Å². The van der Waals surface area contributed by atoms with Gasteiger partial charge in [0.2, 0.25) is 0 Å². The maximum absolute atomic E-state index is 11.6. The van der Waals surface area contributed by atoms with Crippen LogP contribution >= 0.6 is 0 Å². The van der Waals surface area contributed by atoms with Crippen molar-refractivity contribution < 1.29 is 14.6 Å². The standard InChI is InChI=1S/C22H25N7O2/c23-21-20(19(27-29(21)12-13-30)15-6-2-1-3-7-15)25-17-9-8-16(28-10-4-5-11-28)14-18(17)26-22(24)31/h1-3,6-9,14,30H,4-5,10-13H2,(H4,23,24,26,27,31)/p+1. The van der Waals surface area contributed by atoms with Crippen molar-refractivity contribution in [2.24, 2.45) is 21.6 Å². The lowest BCUT2D eigenvalue weighted by molar-refractivity contribution is -0.532. The molecule has 2 aliphatic rings. The highest BCUT2D eigenvalue weighted by Crippen LogP contribution is 2.32. The Morgan fingerprint density at radius 2 is 1.94 bits per heavy atom. The second-order valence-corrected chi connectivity index (χ2v) is 7.39. The minimum absolute atomic E-state index is 0.0986. The molecule has 0 spiro atoms. The van der Waals surface area contributed by atoms with E-state index in [2.05, 4.69) is 15.3 Å². The third-order valence-corrected chi connectivity index (χ3v) is 5.27. The first-order chi connectivity index (χ1) is 15.1. The van der Waals surface area contributed by atoms with E-state index in [1.165, 1.54) is 4.68 Å². The third kappa shape index (κ3) is 4.41. The number of amidine groups is 1. The fourth-order valence-electron chi connectivity index (χ4n) is 3.78. The molecule has 2 aromatic rings. The lowest BCUT2D eigenvalue weighted by Gasteiger charge is -2.19. The van der Waals surface area contributed by atoms with Crippen molar-refractivity contribution in [2.75, 3.05) is 36.5 Å². The summed E-state index contributed by atoms with van der Waals surface area (Å²) in [6.45, 7) is 2.11. The molecule has 0 saturated carbocycles. The number of aliphatic hydroxyl groups excluding tert-OH is 1. The summed E-state index contributed by atoms with van der Waals surface area (Å²) in [5.41, 5.74) is 15.7. The van der Waals surface area contributed by atoms with Crippen LogP contribution in [0.15, 0.2) is 58.6 Å². The molecule has 4 rings (SSSR count). The van der Waals surface area contributed by atoms with Crippen LogP contribution in [0, 0.1) is 0 Å². The highest BCUT2D eigenvalue weighted by atomic mass is 16.3. The third-order valence-electron chi connectivity index (χ3n) is 5.27. The van der Waals surface area contributed by atoms with Gasteiger partial charge in [-0.1, -0.05) is 35.4 Å². The molecule has 0 aromatic heterocycles. The number of hydrogen-bond acceptors (Lipinski definition) is 6. The van der Waals surface area contributed by atoms with E-state index in [4.69, 9.17) is 16.5 Å². The Bertz CT molecular complexity index is 1070. The molecule has 0 unspecified atom stereocenters.